The van der Waals surface area contributed by atoms with E-state index in [9.17, 15) is 0 Å². The highest BCUT2D eigenvalue weighted by Crippen LogP contribution is 2.56. The number of aromatic nitrogens is 2. The summed E-state index contributed by atoms with van der Waals surface area (Å²) in [6.45, 7) is 0. The van der Waals surface area contributed by atoms with E-state index in [0.29, 0.717) is 0 Å². The summed E-state index contributed by atoms with van der Waals surface area (Å²) in [6, 6.07) is 57.5. The third-order valence-electron chi connectivity index (χ3n) is 10.9. The highest BCUT2D eigenvalue weighted by molar-refractivity contribution is 7.85. The van der Waals surface area contributed by atoms with Gasteiger partial charge in [-0.2, -0.15) is 0 Å². The summed E-state index contributed by atoms with van der Waals surface area (Å²) in [5.74, 6) is 0. The van der Waals surface area contributed by atoms with Gasteiger partial charge in [-0.15, -0.1) is 0 Å². The Hall–Kier alpha value is -6.43. The third kappa shape index (κ3) is 4.38. The molecule has 5 heteroatoms. The van der Waals surface area contributed by atoms with Crippen molar-refractivity contribution < 1.29 is 4.21 Å². The Morgan fingerprint density at radius 1 is 0.566 bits per heavy atom. The summed E-state index contributed by atoms with van der Waals surface area (Å²) in [7, 11) is -1.48. The fourth-order valence-corrected chi connectivity index (χ4v) is 10.3. The van der Waals surface area contributed by atoms with Gasteiger partial charge in [-0.3, -0.25) is 0 Å². The number of allylic oxidation sites excluding steroid dienone is 4. The number of fused-ring (bicyclic) bond motifs is 11. The van der Waals surface area contributed by atoms with Crippen molar-refractivity contribution in [2.75, 3.05) is 4.90 Å². The van der Waals surface area contributed by atoms with Crippen LogP contribution in [0.25, 0.3) is 54.9 Å². The molecule has 53 heavy (non-hydrogen) atoms. The van der Waals surface area contributed by atoms with Gasteiger partial charge in [0.05, 0.1) is 54.6 Å². The molecule has 1 aliphatic heterocycles. The fraction of sp³-hybridized carbons (Fsp3) is 0.0417. The van der Waals surface area contributed by atoms with Crippen LogP contribution in [0.5, 0.6) is 0 Å². The molecule has 252 valence electrons. The van der Waals surface area contributed by atoms with Crippen molar-refractivity contribution in [3.63, 3.8) is 0 Å². The normalized spacial score (nSPS) is 16.7. The van der Waals surface area contributed by atoms with Crippen molar-refractivity contribution in [1.29, 1.82) is 0 Å². The van der Waals surface area contributed by atoms with Crippen LogP contribution in [0.4, 0.5) is 17.1 Å². The second-order valence-corrected chi connectivity index (χ2v) is 15.2. The van der Waals surface area contributed by atoms with Crippen molar-refractivity contribution >= 4 is 77.0 Å². The molecule has 3 heterocycles. The summed E-state index contributed by atoms with van der Waals surface area (Å²) < 4.78 is 20.4. The minimum Gasteiger partial charge on any atom is -0.331 e. The molecule has 2 unspecified atom stereocenters. The van der Waals surface area contributed by atoms with E-state index in [1.807, 2.05) is 12.1 Å². The molecular weight excluding hydrogens is 667 g/mol. The molecular formula is C48H33N3OS. The first-order valence-electron chi connectivity index (χ1n) is 18.1. The maximum absolute atomic E-state index is 15.5. The molecule has 0 N–H and O–H groups in total. The van der Waals surface area contributed by atoms with Crippen molar-refractivity contribution in [1.82, 2.24) is 9.13 Å². The monoisotopic (exact) mass is 699 g/mol. The smallest absolute Gasteiger partial charge is 0.0900 e. The van der Waals surface area contributed by atoms with Crippen molar-refractivity contribution in [3.8, 4) is 5.69 Å². The van der Waals surface area contributed by atoms with Gasteiger partial charge in [-0.25, -0.2) is 4.21 Å². The molecule has 0 saturated carbocycles. The second-order valence-electron chi connectivity index (χ2n) is 13.8. The molecule has 2 atom stereocenters. The first-order valence-corrected chi connectivity index (χ1v) is 19.3. The topological polar surface area (TPSA) is 30.2 Å². The molecule has 0 fully saturated rings. The fourth-order valence-electron chi connectivity index (χ4n) is 8.77. The van der Waals surface area contributed by atoms with Crippen LogP contribution in [0.15, 0.2) is 192 Å². The van der Waals surface area contributed by atoms with Crippen LogP contribution in [0.1, 0.15) is 18.0 Å². The number of benzene rings is 7. The van der Waals surface area contributed by atoms with Crippen LogP contribution < -0.4 is 4.90 Å². The summed E-state index contributed by atoms with van der Waals surface area (Å²) in [6.07, 6.45) is 7.83. The molecule has 1 aliphatic carbocycles. The van der Waals surface area contributed by atoms with E-state index in [1.54, 1.807) is 0 Å². The van der Waals surface area contributed by atoms with Gasteiger partial charge in [0.1, 0.15) is 0 Å². The predicted molar refractivity (Wildman–Crippen MR) is 220 cm³/mol. The molecule has 0 amide bonds. The molecule has 0 spiro atoms. The average Bonchev–Trinajstić information content (AvgIpc) is 3.76. The van der Waals surface area contributed by atoms with E-state index in [0.717, 1.165) is 77.2 Å². The quantitative estimate of drug-likeness (QED) is 0.183. The van der Waals surface area contributed by atoms with Gasteiger partial charge < -0.3 is 14.0 Å². The van der Waals surface area contributed by atoms with E-state index >= 15 is 4.21 Å². The molecule has 0 saturated heterocycles. The Kier molecular flexibility index (Phi) is 6.73. The van der Waals surface area contributed by atoms with Crippen LogP contribution in [-0.2, 0) is 10.8 Å². The third-order valence-corrected chi connectivity index (χ3v) is 12.5. The second kappa shape index (κ2) is 11.8. The van der Waals surface area contributed by atoms with Gasteiger partial charge in [0.25, 0.3) is 0 Å². The van der Waals surface area contributed by atoms with Crippen LogP contribution in [0.2, 0.25) is 0 Å². The average molecular weight is 700 g/mol. The summed E-state index contributed by atoms with van der Waals surface area (Å²) in [4.78, 5) is 4.04. The van der Waals surface area contributed by atoms with Gasteiger partial charge >= 0.3 is 0 Å². The van der Waals surface area contributed by atoms with E-state index in [4.69, 9.17) is 0 Å². The maximum atomic E-state index is 15.5. The number of para-hydroxylation sites is 5. The molecule has 0 radical (unpaired) electrons. The van der Waals surface area contributed by atoms with Gasteiger partial charge in [-0.05, 0) is 66.1 Å². The highest BCUT2D eigenvalue weighted by Gasteiger charge is 2.38. The Labute approximate surface area is 309 Å². The van der Waals surface area contributed by atoms with Crippen LogP contribution in [0, 0.1) is 0 Å². The number of nitrogens with zero attached hydrogens (tertiary/aromatic N) is 3. The number of anilines is 3. The molecule has 4 nitrogen and oxygen atoms in total. The van der Waals surface area contributed by atoms with Gasteiger partial charge in [0.15, 0.2) is 0 Å². The Morgan fingerprint density at radius 2 is 1.17 bits per heavy atom. The summed E-state index contributed by atoms with van der Waals surface area (Å²) in [5.41, 5.74) is 10.9. The lowest BCUT2D eigenvalue weighted by atomic mass is 9.97. The largest absolute Gasteiger partial charge is 0.331 e. The molecule has 7 aromatic carbocycles. The predicted octanol–water partition coefficient (Wildman–Crippen LogP) is 12.4. The molecule has 0 bridgehead atoms. The van der Waals surface area contributed by atoms with E-state index in [2.05, 4.69) is 184 Å². The zero-order valence-electron chi connectivity index (χ0n) is 28.8. The summed E-state index contributed by atoms with van der Waals surface area (Å²) >= 11 is 0. The van der Waals surface area contributed by atoms with Crippen LogP contribution in [0.3, 0.4) is 0 Å². The standard InChI is InChI=1S/C48H33N3OS/c52-53-42-27-15-14-26-41(42)51(35-20-8-3-9-21-35)47-46-43(45-44(48(47)53)38-23-11-13-25-40(38)49(45)34-18-6-2-7-19-34)37-22-10-12-24-39(37)50(46)36-30-28-33(29-31-36)32-16-4-1-5-17-32/h1-30,36H,31H2. The van der Waals surface area contributed by atoms with Crippen molar-refractivity contribution in [3.05, 3.63) is 188 Å². The van der Waals surface area contributed by atoms with Crippen LogP contribution in [-0.4, -0.2) is 13.3 Å². The Balaban J connectivity index is 1.36. The zero-order chi connectivity index (χ0) is 35.0. The zero-order valence-corrected chi connectivity index (χ0v) is 29.6. The van der Waals surface area contributed by atoms with Crippen molar-refractivity contribution in [2.45, 2.75) is 22.3 Å². The molecule has 2 aliphatic rings. The molecule has 11 rings (SSSR count). The lowest BCUT2D eigenvalue weighted by Gasteiger charge is -2.35. The molecule has 9 aromatic rings. The SMILES string of the molecule is O=S1c2ccccc2N(c2ccccc2)c2c1c1c3ccccc3n(-c3ccccc3)c1c1c3ccccc3n(C3C=CC(c4ccccc4)=CC3)c21. The summed E-state index contributed by atoms with van der Waals surface area (Å²) in [5, 5.41) is 4.47. The van der Waals surface area contributed by atoms with E-state index < -0.39 is 10.8 Å². The van der Waals surface area contributed by atoms with Gasteiger partial charge in [0, 0.05) is 38.4 Å². The van der Waals surface area contributed by atoms with E-state index in [1.165, 1.54) is 16.5 Å². The number of hydrogen-bond donors (Lipinski definition) is 0. The Morgan fingerprint density at radius 3 is 1.89 bits per heavy atom. The Bertz CT molecular complexity index is 2990. The number of rotatable bonds is 4. The maximum Gasteiger partial charge on any atom is 0.0900 e. The van der Waals surface area contributed by atoms with Gasteiger partial charge in [0.2, 0.25) is 0 Å². The van der Waals surface area contributed by atoms with Crippen LogP contribution >= 0.6 is 0 Å². The highest BCUT2D eigenvalue weighted by atomic mass is 32.2. The number of hydrogen-bond acceptors (Lipinski definition) is 2. The minimum absolute atomic E-state index is 0.0317. The van der Waals surface area contributed by atoms with E-state index in [-0.39, 0.29) is 6.04 Å². The molecule has 2 aromatic heterocycles. The first-order chi connectivity index (χ1) is 26.3. The van der Waals surface area contributed by atoms with Gasteiger partial charge in [-0.1, -0.05) is 133 Å². The van der Waals surface area contributed by atoms with Crippen molar-refractivity contribution in [2.24, 2.45) is 0 Å². The first kappa shape index (κ1) is 30.2. The minimum atomic E-state index is -1.48. The lowest BCUT2D eigenvalue weighted by Crippen LogP contribution is -2.21. The lowest BCUT2D eigenvalue weighted by molar-refractivity contribution is 0.649.